The minimum atomic E-state index is 0.558. The van der Waals surface area contributed by atoms with Gasteiger partial charge in [0.2, 0.25) is 0 Å². The van der Waals surface area contributed by atoms with Gasteiger partial charge in [-0.3, -0.25) is 0 Å². The van der Waals surface area contributed by atoms with Crippen LogP contribution in [0, 0.1) is 0 Å². The van der Waals surface area contributed by atoms with Crippen LogP contribution in [-0.4, -0.2) is 19.5 Å². The summed E-state index contributed by atoms with van der Waals surface area (Å²) in [5.74, 6) is 1.77. The molecule has 0 amide bonds. The fourth-order valence-corrected chi connectivity index (χ4v) is 9.32. The van der Waals surface area contributed by atoms with Crippen molar-refractivity contribution >= 4 is 86.8 Å². The van der Waals surface area contributed by atoms with Crippen molar-refractivity contribution in [2.75, 3.05) is 0 Å². The number of benzene rings is 10. The first-order valence-electron chi connectivity index (χ1n) is 20.3. The zero-order chi connectivity index (χ0) is 39.3. The summed E-state index contributed by atoms with van der Waals surface area (Å²) in [7, 11) is 0. The first-order chi connectivity index (χ1) is 29.7. The lowest BCUT2D eigenvalue weighted by Crippen LogP contribution is -2.00. The van der Waals surface area contributed by atoms with Gasteiger partial charge in [-0.05, 0) is 80.2 Å². The van der Waals surface area contributed by atoms with E-state index in [9.17, 15) is 0 Å². The van der Waals surface area contributed by atoms with Crippen LogP contribution < -0.4 is 0 Å². The zero-order valence-electron chi connectivity index (χ0n) is 32.2. The summed E-state index contributed by atoms with van der Waals surface area (Å²) >= 11 is 0. The van der Waals surface area contributed by atoms with Crippen molar-refractivity contribution in [3.05, 3.63) is 194 Å². The summed E-state index contributed by atoms with van der Waals surface area (Å²) in [5, 5.41) is 13.9. The van der Waals surface area contributed by atoms with Gasteiger partial charge in [0, 0.05) is 43.7 Å². The van der Waals surface area contributed by atoms with Crippen molar-refractivity contribution in [1.29, 1.82) is 0 Å². The second-order valence-electron chi connectivity index (χ2n) is 15.6. The maximum absolute atomic E-state index is 6.86. The first-order valence-corrected chi connectivity index (χ1v) is 20.3. The van der Waals surface area contributed by atoms with Crippen molar-refractivity contribution in [1.82, 2.24) is 19.5 Å². The maximum atomic E-state index is 6.86. The Labute approximate surface area is 343 Å². The Morgan fingerprint density at radius 3 is 1.83 bits per heavy atom. The summed E-state index contributed by atoms with van der Waals surface area (Å²) in [6, 6.07) is 68.7. The highest BCUT2D eigenvalue weighted by atomic mass is 16.3. The van der Waals surface area contributed by atoms with E-state index < -0.39 is 0 Å². The Balaban J connectivity index is 1.10. The Kier molecular flexibility index (Phi) is 6.95. The predicted octanol–water partition coefficient (Wildman–Crippen LogP) is 14.5. The van der Waals surface area contributed by atoms with Crippen LogP contribution in [-0.2, 0) is 0 Å². The molecule has 0 unspecified atom stereocenters. The van der Waals surface area contributed by atoms with E-state index in [1.165, 1.54) is 48.7 Å². The minimum absolute atomic E-state index is 0.558. The van der Waals surface area contributed by atoms with Crippen molar-refractivity contribution in [3.8, 4) is 39.9 Å². The van der Waals surface area contributed by atoms with Crippen molar-refractivity contribution < 1.29 is 4.42 Å². The van der Waals surface area contributed by atoms with Crippen molar-refractivity contribution in [2.24, 2.45) is 0 Å². The largest absolute Gasteiger partial charge is 0.455 e. The molecule has 5 heteroatoms. The molecule has 0 bridgehead atoms. The van der Waals surface area contributed by atoms with Crippen LogP contribution >= 0.6 is 0 Å². The standard InChI is InChI=1S/C55H32N4O/c1-2-14-35(15-3-1)53-56-54(40-23-22-33-12-4-5-16-36(33)28-40)58-55(57-53)47-30-39-24-26-41(32-45(39)50-44-20-10-11-21-49(44)60-52(47)50)59-48-31-38-18-7-6-17-37(38)29-46(48)43-27-25-34-13-8-9-19-42(34)51(43)59/h1-32H. The van der Waals surface area contributed by atoms with E-state index in [0.29, 0.717) is 17.5 Å². The number of furan rings is 1. The molecular formula is C55H32N4O. The molecule has 0 aliphatic carbocycles. The monoisotopic (exact) mass is 764 g/mol. The number of rotatable bonds is 4. The smallest absolute Gasteiger partial charge is 0.167 e. The minimum Gasteiger partial charge on any atom is -0.455 e. The van der Waals surface area contributed by atoms with Crippen LogP contribution in [0.3, 0.4) is 0 Å². The zero-order valence-corrected chi connectivity index (χ0v) is 32.2. The van der Waals surface area contributed by atoms with Gasteiger partial charge in [-0.15, -0.1) is 0 Å². The van der Waals surface area contributed by atoms with Gasteiger partial charge in [-0.2, -0.15) is 0 Å². The third-order valence-electron chi connectivity index (χ3n) is 12.1. The lowest BCUT2D eigenvalue weighted by Gasteiger charge is -2.13. The molecule has 3 aromatic heterocycles. The summed E-state index contributed by atoms with van der Waals surface area (Å²) < 4.78 is 9.32. The van der Waals surface area contributed by atoms with Crippen LogP contribution in [0.1, 0.15) is 0 Å². The van der Waals surface area contributed by atoms with E-state index in [-0.39, 0.29) is 0 Å². The van der Waals surface area contributed by atoms with E-state index >= 15 is 0 Å². The molecule has 13 aromatic rings. The number of para-hydroxylation sites is 1. The summed E-state index contributed by atoms with van der Waals surface area (Å²) in [6.07, 6.45) is 0. The van der Waals surface area contributed by atoms with Gasteiger partial charge < -0.3 is 8.98 Å². The SMILES string of the molecule is c1ccc(-c2nc(-c3ccc4ccccc4c3)nc(-c3cc4ccc(-n5c6cc7ccccc7cc6c6ccc7ccccc7c65)cc4c4c3oc3ccccc34)n2)cc1. The molecule has 3 heterocycles. The molecule has 0 N–H and O–H groups in total. The average Bonchev–Trinajstić information content (AvgIpc) is 3.87. The number of hydrogen-bond donors (Lipinski definition) is 0. The first kappa shape index (κ1) is 32.9. The number of nitrogens with zero attached hydrogens (tertiary/aromatic N) is 4. The Morgan fingerprint density at radius 2 is 1.00 bits per heavy atom. The van der Waals surface area contributed by atoms with E-state index in [4.69, 9.17) is 19.4 Å². The topological polar surface area (TPSA) is 56.7 Å². The van der Waals surface area contributed by atoms with Crippen LogP contribution in [0.5, 0.6) is 0 Å². The highest BCUT2D eigenvalue weighted by Gasteiger charge is 2.22. The Bertz CT molecular complexity index is 3900. The van der Waals surface area contributed by atoms with Crippen molar-refractivity contribution in [2.45, 2.75) is 0 Å². The molecule has 0 aliphatic heterocycles. The van der Waals surface area contributed by atoms with Crippen LogP contribution in [0.15, 0.2) is 199 Å². The second kappa shape index (κ2) is 12.7. The number of aromatic nitrogens is 4. The van der Waals surface area contributed by atoms with E-state index in [2.05, 4.69) is 156 Å². The fourth-order valence-electron chi connectivity index (χ4n) is 9.32. The lowest BCUT2D eigenvalue weighted by atomic mass is 9.99. The third-order valence-corrected chi connectivity index (χ3v) is 12.1. The van der Waals surface area contributed by atoms with Crippen LogP contribution in [0.25, 0.3) is 127 Å². The molecular weight excluding hydrogens is 733 g/mol. The average molecular weight is 765 g/mol. The van der Waals surface area contributed by atoms with E-state index in [0.717, 1.165) is 60.5 Å². The lowest BCUT2D eigenvalue weighted by molar-refractivity contribution is 0.670. The van der Waals surface area contributed by atoms with Gasteiger partial charge in [0.25, 0.3) is 0 Å². The molecule has 5 nitrogen and oxygen atoms in total. The quantitative estimate of drug-likeness (QED) is 0.179. The summed E-state index contributed by atoms with van der Waals surface area (Å²) in [4.78, 5) is 15.5. The summed E-state index contributed by atoms with van der Waals surface area (Å²) in [6.45, 7) is 0. The normalized spacial score (nSPS) is 12.0. The molecule has 0 radical (unpaired) electrons. The Hall–Kier alpha value is -8.15. The van der Waals surface area contributed by atoms with E-state index in [1.54, 1.807) is 0 Å². The maximum Gasteiger partial charge on any atom is 0.167 e. The van der Waals surface area contributed by atoms with Gasteiger partial charge in [0.1, 0.15) is 11.2 Å². The van der Waals surface area contributed by atoms with Gasteiger partial charge >= 0.3 is 0 Å². The Morgan fingerprint density at radius 1 is 0.367 bits per heavy atom. The highest BCUT2D eigenvalue weighted by molar-refractivity contribution is 6.24. The molecule has 278 valence electrons. The van der Waals surface area contributed by atoms with Crippen LogP contribution in [0.4, 0.5) is 0 Å². The highest BCUT2D eigenvalue weighted by Crippen LogP contribution is 2.43. The van der Waals surface area contributed by atoms with Crippen molar-refractivity contribution in [3.63, 3.8) is 0 Å². The molecule has 0 saturated carbocycles. The number of hydrogen-bond acceptors (Lipinski definition) is 4. The third kappa shape index (κ3) is 4.96. The summed E-state index contributed by atoms with van der Waals surface area (Å²) in [5.41, 5.74) is 7.66. The molecule has 0 aliphatic rings. The second-order valence-corrected chi connectivity index (χ2v) is 15.6. The van der Waals surface area contributed by atoms with Gasteiger partial charge in [0.05, 0.1) is 16.6 Å². The van der Waals surface area contributed by atoms with Gasteiger partial charge in [0.15, 0.2) is 17.5 Å². The fraction of sp³-hybridized carbons (Fsp3) is 0. The molecule has 10 aromatic carbocycles. The molecule has 13 rings (SSSR count). The predicted molar refractivity (Wildman–Crippen MR) is 248 cm³/mol. The van der Waals surface area contributed by atoms with Crippen LogP contribution in [0.2, 0.25) is 0 Å². The number of fused-ring (bicyclic) bond motifs is 12. The van der Waals surface area contributed by atoms with E-state index in [1.807, 2.05) is 42.5 Å². The molecule has 60 heavy (non-hydrogen) atoms. The molecule has 0 saturated heterocycles. The molecule has 0 spiro atoms. The van der Waals surface area contributed by atoms with Gasteiger partial charge in [-0.1, -0.05) is 152 Å². The molecule has 0 fully saturated rings. The molecule has 0 atom stereocenters. The van der Waals surface area contributed by atoms with Gasteiger partial charge in [-0.25, -0.2) is 15.0 Å².